The van der Waals surface area contributed by atoms with Gasteiger partial charge in [0.1, 0.15) is 5.75 Å². The van der Waals surface area contributed by atoms with E-state index in [-0.39, 0.29) is 0 Å². The number of ether oxygens (including phenoxy) is 1. The molecular formula is C11H12N2O2. The molecule has 0 bridgehead atoms. The number of aromatic nitrogens is 1. The average molecular weight is 204 g/mol. The molecule has 2 N–H and O–H groups in total. The van der Waals surface area contributed by atoms with Crippen LogP contribution in [0.5, 0.6) is 5.75 Å². The maximum Gasteiger partial charge on any atom is 0.172 e. The van der Waals surface area contributed by atoms with Crippen LogP contribution in [-0.4, -0.2) is 11.8 Å². The molecule has 4 nitrogen and oxygen atoms in total. The molecule has 4 heteroatoms. The van der Waals surface area contributed by atoms with Crippen molar-refractivity contribution in [3.63, 3.8) is 0 Å². The van der Waals surface area contributed by atoms with Gasteiger partial charge in [0.05, 0.1) is 12.2 Å². The third kappa shape index (κ3) is 1.93. The molecule has 78 valence electrons. The quantitative estimate of drug-likeness (QED) is 0.833. The van der Waals surface area contributed by atoms with Crippen LogP contribution < -0.4 is 10.5 Å². The minimum Gasteiger partial charge on any atom is -0.493 e. The fourth-order valence-electron chi connectivity index (χ4n) is 1.37. The van der Waals surface area contributed by atoms with Gasteiger partial charge in [0.15, 0.2) is 11.6 Å². The van der Waals surface area contributed by atoms with Gasteiger partial charge in [-0.15, -0.1) is 0 Å². The molecule has 2 rings (SSSR count). The second-order valence-corrected chi connectivity index (χ2v) is 3.05. The Labute approximate surface area is 87.6 Å². The number of hydrogen-bond donors (Lipinski definition) is 1. The number of hydrogen-bond acceptors (Lipinski definition) is 4. The number of para-hydroxylation sites is 1. The number of benzene rings is 1. The molecule has 0 saturated heterocycles. The summed E-state index contributed by atoms with van der Waals surface area (Å²) in [5, 5.41) is 3.64. The first kappa shape index (κ1) is 9.58. The molecule has 0 atom stereocenters. The average Bonchev–Trinajstić information content (AvgIpc) is 2.66. The minimum atomic E-state index is 0.372. The van der Waals surface area contributed by atoms with Crippen molar-refractivity contribution in [1.29, 1.82) is 0 Å². The second kappa shape index (κ2) is 4.04. The van der Waals surface area contributed by atoms with Crippen LogP contribution in [0.4, 0.5) is 5.82 Å². The van der Waals surface area contributed by atoms with E-state index in [0.29, 0.717) is 18.2 Å². The highest BCUT2D eigenvalue weighted by Gasteiger charge is 2.09. The summed E-state index contributed by atoms with van der Waals surface area (Å²) >= 11 is 0. The number of nitrogens with zero attached hydrogens (tertiary/aromatic N) is 1. The first-order valence-electron chi connectivity index (χ1n) is 4.75. The summed E-state index contributed by atoms with van der Waals surface area (Å²) in [4.78, 5) is 0. The Morgan fingerprint density at radius 1 is 1.40 bits per heavy atom. The molecule has 15 heavy (non-hydrogen) atoms. The van der Waals surface area contributed by atoms with Gasteiger partial charge in [-0.25, -0.2) is 0 Å². The van der Waals surface area contributed by atoms with Crippen molar-refractivity contribution in [2.75, 3.05) is 12.3 Å². The highest BCUT2D eigenvalue weighted by molar-refractivity contribution is 5.67. The maximum atomic E-state index is 5.49. The van der Waals surface area contributed by atoms with Gasteiger partial charge in [0.25, 0.3) is 0 Å². The second-order valence-electron chi connectivity index (χ2n) is 3.05. The number of rotatable bonds is 3. The molecule has 0 saturated carbocycles. The van der Waals surface area contributed by atoms with E-state index in [4.69, 9.17) is 15.0 Å². The summed E-state index contributed by atoms with van der Waals surface area (Å²) in [6.45, 7) is 2.55. The van der Waals surface area contributed by atoms with Gasteiger partial charge < -0.3 is 15.0 Å². The van der Waals surface area contributed by atoms with E-state index in [9.17, 15) is 0 Å². The first-order valence-corrected chi connectivity index (χ1v) is 4.75. The van der Waals surface area contributed by atoms with Crippen molar-refractivity contribution in [3.05, 3.63) is 30.3 Å². The summed E-state index contributed by atoms with van der Waals surface area (Å²) in [7, 11) is 0. The van der Waals surface area contributed by atoms with E-state index >= 15 is 0 Å². The predicted molar refractivity (Wildman–Crippen MR) is 57.5 cm³/mol. The lowest BCUT2D eigenvalue weighted by Gasteiger charge is -2.06. The van der Waals surface area contributed by atoms with Crippen molar-refractivity contribution in [3.8, 4) is 17.1 Å². The van der Waals surface area contributed by atoms with Crippen LogP contribution in [0, 0.1) is 0 Å². The van der Waals surface area contributed by atoms with Gasteiger partial charge in [0.2, 0.25) is 0 Å². The largest absolute Gasteiger partial charge is 0.493 e. The van der Waals surface area contributed by atoms with Gasteiger partial charge in [-0.3, -0.25) is 0 Å². The van der Waals surface area contributed by atoms with Crippen molar-refractivity contribution in [2.45, 2.75) is 6.92 Å². The van der Waals surface area contributed by atoms with Crippen LogP contribution in [0.25, 0.3) is 11.3 Å². The highest BCUT2D eigenvalue weighted by Crippen LogP contribution is 2.30. The number of nitrogens with two attached hydrogens (primary N) is 1. The fourth-order valence-corrected chi connectivity index (χ4v) is 1.37. The monoisotopic (exact) mass is 204 g/mol. The zero-order chi connectivity index (χ0) is 10.7. The van der Waals surface area contributed by atoms with Crippen LogP contribution in [0.1, 0.15) is 6.92 Å². The molecule has 0 amide bonds. The molecule has 1 heterocycles. The van der Waals surface area contributed by atoms with Crippen molar-refractivity contribution in [2.24, 2.45) is 0 Å². The number of anilines is 1. The molecular weight excluding hydrogens is 192 g/mol. The van der Waals surface area contributed by atoms with Gasteiger partial charge in [-0.2, -0.15) is 0 Å². The molecule has 1 aromatic carbocycles. The SMILES string of the molecule is CCOc1ccccc1-c1cc(N)no1. The summed E-state index contributed by atoms with van der Waals surface area (Å²) in [5.41, 5.74) is 6.36. The van der Waals surface area contributed by atoms with E-state index in [0.717, 1.165) is 11.3 Å². The first-order chi connectivity index (χ1) is 7.31. The Morgan fingerprint density at radius 2 is 2.20 bits per heavy atom. The van der Waals surface area contributed by atoms with E-state index in [1.165, 1.54) is 0 Å². The Bertz CT molecular complexity index is 451. The Kier molecular flexibility index (Phi) is 2.58. The maximum absolute atomic E-state index is 5.49. The Hall–Kier alpha value is -1.97. The minimum absolute atomic E-state index is 0.372. The summed E-state index contributed by atoms with van der Waals surface area (Å²) in [6.07, 6.45) is 0. The molecule has 0 fully saturated rings. The standard InChI is InChI=1S/C11H12N2O2/c1-2-14-9-6-4-3-5-8(9)10-7-11(12)13-15-10/h3-7H,2H2,1H3,(H2,12,13). The molecule has 0 aliphatic rings. The third-order valence-electron chi connectivity index (χ3n) is 1.98. The van der Waals surface area contributed by atoms with Crippen LogP contribution in [0.2, 0.25) is 0 Å². The summed E-state index contributed by atoms with van der Waals surface area (Å²) in [6, 6.07) is 9.30. The lowest BCUT2D eigenvalue weighted by atomic mass is 10.1. The normalized spacial score (nSPS) is 10.2. The lowest BCUT2D eigenvalue weighted by Crippen LogP contribution is -1.93. The van der Waals surface area contributed by atoms with Crippen LogP contribution in [0.3, 0.4) is 0 Å². The Morgan fingerprint density at radius 3 is 2.87 bits per heavy atom. The van der Waals surface area contributed by atoms with Gasteiger partial charge in [-0.05, 0) is 19.1 Å². The smallest absolute Gasteiger partial charge is 0.172 e. The van der Waals surface area contributed by atoms with Crippen molar-refractivity contribution in [1.82, 2.24) is 5.16 Å². The van der Waals surface area contributed by atoms with E-state index in [2.05, 4.69) is 5.16 Å². The van der Waals surface area contributed by atoms with Gasteiger partial charge >= 0.3 is 0 Å². The number of nitrogen functional groups attached to an aromatic ring is 1. The zero-order valence-corrected chi connectivity index (χ0v) is 8.43. The van der Waals surface area contributed by atoms with E-state index < -0.39 is 0 Å². The lowest BCUT2D eigenvalue weighted by molar-refractivity contribution is 0.339. The third-order valence-corrected chi connectivity index (χ3v) is 1.98. The molecule has 0 aliphatic heterocycles. The molecule has 0 radical (unpaired) electrons. The summed E-state index contributed by atoms with van der Waals surface area (Å²) in [5.74, 6) is 1.77. The predicted octanol–water partition coefficient (Wildman–Crippen LogP) is 2.32. The molecule has 2 aromatic rings. The topological polar surface area (TPSA) is 61.3 Å². The summed E-state index contributed by atoms with van der Waals surface area (Å²) < 4.78 is 10.6. The van der Waals surface area contributed by atoms with Gasteiger partial charge in [-0.1, -0.05) is 17.3 Å². The van der Waals surface area contributed by atoms with E-state index in [1.807, 2.05) is 31.2 Å². The van der Waals surface area contributed by atoms with Crippen molar-refractivity contribution < 1.29 is 9.26 Å². The Balaban J connectivity index is 2.42. The molecule has 0 aliphatic carbocycles. The highest BCUT2D eigenvalue weighted by atomic mass is 16.5. The van der Waals surface area contributed by atoms with E-state index in [1.54, 1.807) is 6.07 Å². The van der Waals surface area contributed by atoms with Crippen LogP contribution in [-0.2, 0) is 0 Å². The van der Waals surface area contributed by atoms with Crippen LogP contribution in [0.15, 0.2) is 34.9 Å². The molecule has 0 unspecified atom stereocenters. The van der Waals surface area contributed by atoms with Crippen LogP contribution >= 0.6 is 0 Å². The molecule has 0 spiro atoms. The fraction of sp³-hybridized carbons (Fsp3) is 0.182. The van der Waals surface area contributed by atoms with Gasteiger partial charge in [0, 0.05) is 6.07 Å². The molecule has 1 aromatic heterocycles. The zero-order valence-electron chi connectivity index (χ0n) is 8.43. The van der Waals surface area contributed by atoms with Crippen molar-refractivity contribution >= 4 is 5.82 Å².